The number of ether oxygens (including phenoxy) is 2. The van der Waals surface area contributed by atoms with Gasteiger partial charge in [0.05, 0.1) is 18.2 Å². The van der Waals surface area contributed by atoms with Crippen LogP contribution in [0.15, 0.2) is 5.11 Å². The minimum Gasteiger partial charge on any atom is -0.345 e. The molecule has 1 aliphatic heterocycles. The van der Waals surface area contributed by atoms with E-state index in [1.54, 1.807) is 0 Å². The zero-order chi connectivity index (χ0) is 20.0. The van der Waals surface area contributed by atoms with Crippen LogP contribution in [-0.4, -0.2) is 24.0 Å². The van der Waals surface area contributed by atoms with E-state index in [0.717, 1.165) is 19.3 Å². The Kier molecular flexibility index (Phi) is 12.8. The number of rotatable bonds is 16. The molecular formula is C22H43N3O2. The van der Waals surface area contributed by atoms with Gasteiger partial charge in [0.25, 0.3) is 0 Å². The van der Waals surface area contributed by atoms with Crippen molar-refractivity contribution < 1.29 is 9.47 Å². The quantitative estimate of drug-likeness (QED) is 0.119. The average Bonchev–Trinajstić information content (AvgIpc) is 2.95. The molecule has 158 valence electrons. The molecule has 3 atom stereocenters. The van der Waals surface area contributed by atoms with Crippen molar-refractivity contribution in [1.29, 1.82) is 0 Å². The number of nitrogens with zero attached hydrogens (tertiary/aromatic N) is 3. The molecule has 0 radical (unpaired) electrons. The van der Waals surface area contributed by atoms with Crippen LogP contribution in [0.5, 0.6) is 0 Å². The van der Waals surface area contributed by atoms with Gasteiger partial charge < -0.3 is 9.47 Å². The number of hydrogen-bond donors (Lipinski definition) is 0. The fraction of sp³-hybridized carbons (Fsp3) is 1.00. The molecule has 1 unspecified atom stereocenters. The highest BCUT2D eigenvalue weighted by atomic mass is 16.8. The van der Waals surface area contributed by atoms with Gasteiger partial charge in [-0.2, -0.15) is 0 Å². The lowest BCUT2D eigenvalue weighted by Gasteiger charge is -2.21. The minimum atomic E-state index is -0.579. The van der Waals surface area contributed by atoms with Gasteiger partial charge in [-0.25, -0.2) is 0 Å². The maximum Gasteiger partial charge on any atom is 0.163 e. The van der Waals surface area contributed by atoms with Crippen molar-refractivity contribution in [3.8, 4) is 0 Å². The molecule has 1 fully saturated rings. The molecule has 0 spiro atoms. The molecule has 0 aromatic heterocycles. The lowest BCUT2D eigenvalue weighted by molar-refractivity contribution is -0.148. The van der Waals surface area contributed by atoms with E-state index in [9.17, 15) is 0 Å². The van der Waals surface area contributed by atoms with Crippen molar-refractivity contribution in [2.45, 2.75) is 142 Å². The number of hydrogen-bond acceptors (Lipinski definition) is 3. The van der Waals surface area contributed by atoms with Crippen molar-refractivity contribution >= 4 is 0 Å². The molecule has 27 heavy (non-hydrogen) atoms. The molecule has 0 amide bonds. The molecule has 0 saturated carbocycles. The Labute approximate surface area is 167 Å². The van der Waals surface area contributed by atoms with E-state index in [1.165, 1.54) is 70.6 Å². The summed E-state index contributed by atoms with van der Waals surface area (Å²) in [6.07, 6.45) is 17.9. The predicted octanol–water partition coefficient (Wildman–Crippen LogP) is 7.69. The van der Waals surface area contributed by atoms with Crippen molar-refractivity contribution in [1.82, 2.24) is 0 Å². The Balaban J connectivity index is 2.13. The third kappa shape index (κ3) is 10.4. The minimum absolute atomic E-state index is 0.0403. The highest BCUT2D eigenvalue weighted by Gasteiger charge is 2.43. The fourth-order valence-electron chi connectivity index (χ4n) is 4.05. The summed E-state index contributed by atoms with van der Waals surface area (Å²) in [4.78, 5) is 2.99. The lowest BCUT2D eigenvalue weighted by atomic mass is 9.98. The van der Waals surface area contributed by atoms with Gasteiger partial charge in [0.2, 0.25) is 0 Å². The first-order valence-corrected chi connectivity index (χ1v) is 11.4. The van der Waals surface area contributed by atoms with E-state index in [0.29, 0.717) is 0 Å². The SMILES string of the molecule is CCCCCCCCCCCCCC[C@H]1OC(C)(C)O[C@H]1C(CC)N=[N+]=[N-]. The molecule has 1 saturated heterocycles. The van der Waals surface area contributed by atoms with Crippen molar-refractivity contribution in [2.24, 2.45) is 5.11 Å². The van der Waals surface area contributed by atoms with E-state index >= 15 is 0 Å². The average molecular weight is 382 g/mol. The molecule has 0 aromatic rings. The summed E-state index contributed by atoms with van der Waals surface area (Å²) in [6.45, 7) is 8.21. The van der Waals surface area contributed by atoms with Crippen LogP contribution in [-0.2, 0) is 9.47 Å². The maximum absolute atomic E-state index is 8.80. The standard InChI is InChI=1S/C22H43N3O2/c1-5-7-8-9-10-11-12-13-14-15-16-17-18-20-21(19(6-2)24-25-23)27-22(3,4)26-20/h19-21H,5-18H2,1-4H3/t19?,20-,21+/m1/s1. The van der Waals surface area contributed by atoms with Gasteiger partial charge in [-0.05, 0) is 32.2 Å². The third-order valence-electron chi connectivity index (χ3n) is 5.56. The number of azide groups is 1. The van der Waals surface area contributed by atoms with Crippen LogP contribution >= 0.6 is 0 Å². The second-order valence-electron chi connectivity index (χ2n) is 8.50. The highest BCUT2D eigenvalue weighted by Crippen LogP contribution is 2.34. The smallest absolute Gasteiger partial charge is 0.163 e. The second-order valence-corrected chi connectivity index (χ2v) is 8.50. The Bertz CT molecular complexity index is 422. The van der Waals surface area contributed by atoms with Crippen LogP contribution in [0.4, 0.5) is 0 Å². The molecule has 0 bridgehead atoms. The van der Waals surface area contributed by atoms with Crippen LogP contribution in [0.2, 0.25) is 0 Å². The molecule has 5 heteroatoms. The van der Waals surface area contributed by atoms with Crippen LogP contribution < -0.4 is 0 Å². The summed E-state index contributed by atoms with van der Waals surface area (Å²) in [5.41, 5.74) is 8.80. The molecule has 0 aromatic carbocycles. The molecule has 1 rings (SSSR count). The van der Waals surface area contributed by atoms with Crippen LogP contribution in [0.1, 0.15) is 118 Å². The summed E-state index contributed by atoms with van der Waals surface area (Å²) in [7, 11) is 0. The van der Waals surface area contributed by atoms with Crippen LogP contribution in [0.25, 0.3) is 10.4 Å². The van der Waals surface area contributed by atoms with Gasteiger partial charge in [-0.3, -0.25) is 0 Å². The van der Waals surface area contributed by atoms with Crippen LogP contribution in [0, 0.1) is 0 Å². The van der Waals surface area contributed by atoms with Gasteiger partial charge >= 0.3 is 0 Å². The molecule has 0 N–H and O–H groups in total. The normalized spacial score (nSPS) is 22.5. The largest absolute Gasteiger partial charge is 0.345 e. The summed E-state index contributed by atoms with van der Waals surface area (Å²) in [6, 6.07) is -0.140. The monoisotopic (exact) mass is 381 g/mol. The van der Waals surface area contributed by atoms with E-state index in [2.05, 4.69) is 16.9 Å². The Morgan fingerprint density at radius 3 is 1.85 bits per heavy atom. The van der Waals surface area contributed by atoms with Gasteiger partial charge in [0.1, 0.15) is 0 Å². The van der Waals surface area contributed by atoms with E-state index in [4.69, 9.17) is 15.0 Å². The van der Waals surface area contributed by atoms with Gasteiger partial charge in [0.15, 0.2) is 5.79 Å². The predicted molar refractivity (Wildman–Crippen MR) is 113 cm³/mol. The zero-order valence-electron chi connectivity index (χ0n) is 18.3. The Morgan fingerprint density at radius 1 is 0.852 bits per heavy atom. The van der Waals surface area contributed by atoms with Crippen molar-refractivity contribution in [2.75, 3.05) is 0 Å². The van der Waals surface area contributed by atoms with Gasteiger partial charge in [-0.1, -0.05) is 96.0 Å². The topological polar surface area (TPSA) is 67.2 Å². The number of unbranched alkanes of at least 4 members (excludes halogenated alkanes) is 11. The lowest BCUT2D eigenvalue weighted by Crippen LogP contribution is -2.33. The molecular weight excluding hydrogens is 338 g/mol. The Morgan fingerprint density at radius 2 is 1.37 bits per heavy atom. The molecule has 1 heterocycles. The van der Waals surface area contributed by atoms with Crippen molar-refractivity contribution in [3.05, 3.63) is 10.4 Å². The highest BCUT2D eigenvalue weighted by molar-refractivity contribution is 4.90. The van der Waals surface area contributed by atoms with Crippen LogP contribution in [0.3, 0.4) is 0 Å². The molecule has 1 aliphatic rings. The summed E-state index contributed by atoms with van der Waals surface area (Å²) >= 11 is 0. The van der Waals surface area contributed by atoms with E-state index in [-0.39, 0.29) is 18.2 Å². The molecule has 5 nitrogen and oxygen atoms in total. The first-order chi connectivity index (χ1) is 13.0. The zero-order valence-corrected chi connectivity index (χ0v) is 18.3. The third-order valence-corrected chi connectivity index (χ3v) is 5.56. The van der Waals surface area contributed by atoms with E-state index < -0.39 is 5.79 Å². The Hall–Kier alpha value is -0.770. The first-order valence-electron chi connectivity index (χ1n) is 11.4. The summed E-state index contributed by atoms with van der Waals surface area (Å²) < 4.78 is 12.1. The summed E-state index contributed by atoms with van der Waals surface area (Å²) in [5.74, 6) is -0.579. The maximum atomic E-state index is 8.80. The first kappa shape index (κ1) is 24.3. The second kappa shape index (κ2) is 14.3. The molecule has 0 aliphatic carbocycles. The van der Waals surface area contributed by atoms with Gasteiger partial charge in [0, 0.05) is 4.91 Å². The fourth-order valence-corrected chi connectivity index (χ4v) is 4.05. The summed E-state index contributed by atoms with van der Waals surface area (Å²) in [5, 5.41) is 3.93. The van der Waals surface area contributed by atoms with E-state index in [1.807, 2.05) is 20.8 Å². The van der Waals surface area contributed by atoms with Gasteiger partial charge in [-0.15, -0.1) is 0 Å². The van der Waals surface area contributed by atoms with Crippen molar-refractivity contribution in [3.63, 3.8) is 0 Å².